The molecule has 5 nitrogen and oxygen atoms in total. The second-order valence-electron chi connectivity index (χ2n) is 4.42. The standard InChI is InChI=1S/C10H17N4O/c1-8-4-2-6-13-7-3-5-9(12-11)14(13)10(8)15/h8-9H,2-7H2,1H3/q-1. The fourth-order valence-corrected chi connectivity index (χ4v) is 2.42. The minimum Gasteiger partial charge on any atom is -0.710 e. The smallest absolute Gasteiger partial charge is 0.241 e. The van der Waals surface area contributed by atoms with Crippen molar-refractivity contribution in [1.29, 1.82) is 0 Å². The molecule has 1 amide bonds. The molecule has 2 rings (SSSR count). The second-order valence-corrected chi connectivity index (χ2v) is 4.42. The van der Waals surface area contributed by atoms with Crippen LogP contribution in [0, 0.1) is 5.92 Å². The molecule has 0 N–H and O–H groups in total. The summed E-state index contributed by atoms with van der Waals surface area (Å²) in [6.45, 7) is 3.77. The van der Waals surface area contributed by atoms with E-state index in [1.165, 1.54) is 0 Å². The van der Waals surface area contributed by atoms with Crippen LogP contribution in [0.2, 0.25) is 0 Å². The molecule has 2 atom stereocenters. The Labute approximate surface area is 89.9 Å². The van der Waals surface area contributed by atoms with Gasteiger partial charge in [-0.15, -0.1) is 0 Å². The first-order valence-electron chi connectivity index (χ1n) is 5.66. The van der Waals surface area contributed by atoms with Gasteiger partial charge in [-0.1, -0.05) is 6.92 Å². The third-order valence-corrected chi connectivity index (χ3v) is 3.30. The summed E-state index contributed by atoms with van der Waals surface area (Å²) in [6, 6.07) is 0. The zero-order valence-electron chi connectivity index (χ0n) is 9.09. The Bertz CT molecular complexity index is 268. The topological polar surface area (TPSA) is 58.2 Å². The summed E-state index contributed by atoms with van der Waals surface area (Å²) in [5.41, 5.74) is 8.93. The van der Waals surface area contributed by atoms with E-state index < -0.39 is 0 Å². The van der Waals surface area contributed by atoms with E-state index in [0.717, 1.165) is 38.8 Å². The van der Waals surface area contributed by atoms with Gasteiger partial charge in [0.05, 0.1) is 0 Å². The van der Waals surface area contributed by atoms with Gasteiger partial charge < -0.3 is 10.6 Å². The van der Waals surface area contributed by atoms with Crippen molar-refractivity contribution < 1.29 is 4.79 Å². The van der Waals surface area contributed by atoms with E-state index in [1.54, 1.807) is 5.01 Å². The maximum absolute atomic E-state index is 12.1. The zero-order valence-corrected chi connectivity index (χ0v) is 9.09. The van der Waals surface area contributed by atoms with Gasteiger partial charge in [0.25, 0.3) is 0 Å². The first kappa shape index (κ1) is 10.5. The number of nitrogens with zero attached hydrogens (tertiary/aromatic N) is 4. The first-order chi connectivity index (χ1) is 7.24. The Balaban J connectivity index is 2.22. The number of hydrogen-bond acceptors (Lipinski definition) is 3. The summed E-state index contributed by atoms with van der Waals surface area (Å²) in [4.78, 5) is 12.1. The van der Waals surface area contributed by atoms with Crippen molar-refractivity contribution >= 4 is 5.91 Å². The Hall–Kier alpha value is -0.970. The highest BCUT2D eigenvalue weighted by Gasteiger charge is 2.35. The lowest BCUT2D eigenvalue weighted by atomic mass is 10.1. The molecule has 2 heterocycles. The lowest BCUT2D eigenvalue weighted by Gasteiger charge is -2.43. The molecule has 2 aliphatic heterocycles. The van der Waals surface area contributed by atoms with Gasteiger partial charge in [0, 0.05) is 19.0 Å². The number of amides is 1. The molecule has 0 aromatic carbocycles. The van der Waals surface area contributed by atoms with Gasteiger partial charge in [0.2, 0.25) is 5.91 Å². The van der Waals surface area contributed by atoms with Crippen molar-refractivity contribution in [1.82, 2.24) is 10.0 Å². The number of carbonyl (C=O) groups is 1. The summed E-state index contributed by atoms with van der Waals surface area (Å²) < 4.78 is 0. The molecular weight excluding hydrogens is 192 g/mol. The zero-order chi connectivity index (χ0) is 10.8. The number of hydrogen-bond donors (Lipinski definition) is 0. The van der Waals surface area contributed by atoms with Crippen LogP contribution in [0.15, 0.2) is 5.11 Å². The molecule has 0 spiro atoms. The Kier molecular flexibility index (Phi) is 3.00. The largest absolute Gasteiger partial charge is 0.710 e. The van der Waals surface area contributed by atoms with Crippen molar-refractivity contribution in [2.45, 2.75) is 38.8 Å². The molecule has 2 saturated heterocycles. The van der Waals surface area contributed by atoms with Crippen LogP contribution in [0.1, 0.15) is 32.6 Å². The van der Waals surface area contributed by atoms with Gasteiger partial charge in [-0.25, -0.2) is 5.01 Å². The van der Waals surface area contributed by atoms with E-state index >= 15 is 0 Å². The van der Waals surface area contributed by atoms with Crippen molar-refractivity contribution in [3.05, 3.63) is 5.53 Å². The van der Waals surface area contributed by atoms with Crippen molar-refractivity contribution in [3.8, 4) is 0 Å². The summed E-state index contributed by atoms with van der Waals surface area (Å²) in [7, 11) is 0. The Morgan fingerprint density at radius 3 is 2.67 bits per heavy atom. The molecule has 2 fully saturated rings. The summed E-state index contributed by atoms with van der Waals surface area (Å²) in [5, 5.41) is 7.03. The highest BCUT2D eigenvalue weighted by molar-refractivity contribution is 5.78. The normalized spacial score (nSPS) is 33.4. The van der Waals surface area contributed by atoms with Crippen LogP contribution in [-0.4, -0.2) is 35.2 Å². The molecule has 5 heteroatoms. The van der Waals surface area contributed by atoms with Gasteiger partial charge in [0.1, 0.15) is 6.17 Å². The van der Waals surface area contributed by atoms with Crippen molar-refractivity contribution in [2.75, 3.05) is 13.1 Å². The van der Waals surface area contributed by atoms with E-state index in [0.29, 0.717) is 0 Å². The number of carbonyl (C=O) groups excluding carboxylic acids is 1. The molecule has 84 valence electrons. The minimum absolute atomic E-state index is 0.0531. The van der Waals surface area contributed by atoms with Gasteiger partial charge in [-0.3, -0.25) is 9.80 Å². The van der Waals surface area contributed by atoms with E-state index in [9.17, 15) is 4.79 Å². The monoisotopic (exact) mass is 209 g/mol. The molecule has 2 unspecified atom stereocenters. The van der Waals surface area contributed by atoms with Crippen LogP contribution >= 0.6 is 0 Å². The molecule has 0 bridgehead atoms. The number of rotatable bonds is 1. The van der Waals surface area contributed by atoms with E-state index in [2.05, 4.69) is 5.11 Å². The molecule has 0 aromatic rings. The molecule has 15 heavy (non-hydrogen) atoms. The number of hydrazine groups is 1. The van der Waals surface area contributed by atoms with Crippen LogP contribution in [-0.2, 0) is 4.79 Å². The SMILES string of the molecule is CC1CCCN2CCCC(N=[N-])N2C1=O. The van der Waals surface area contributed by atoms with E-state index in [4.69, 9.17) is 5.53 Å². The lowest BCUT2D eigenvalue weighted by molar-refractivity contribution is -0.162. The van der Waals surface area contributed by atoms with E-state index in [-0.39, 0.29) is 18.0 Å². The highest BCUT2D eigenvalue weighted by Crippen LogP contribution is 2.26. The molecule has 0 saturated carbocycles. The van der Waals surface area contributed by atoms with Crippen LogP contribution in [0.25, 0.3) is 5.53 Å². The van der Waals surface area contributed by atoms with Crippen LogP contribution in [0.5, 0.6) is 0 Å². The molecule has 0 aliphatic carbocycles. The Morgan fingerprint density at radius 2 is 2.00 bits per heavy atom. The van der Waals surface area contributed by atoms with Crippen LogP contribution in [0.4, 0.5) is 0 Å². The predicted octanol–water partition coefficient (Wildman–Crippen LogP) is 1.60. The third-order valence-electron chi connectivity index (χ3n) is 3.30. The molecule has 0 radical (unpaired) electrons. The fraction of sp³-hybridized carbons (Fsp3) is 0.900. The fourth-order valence-electron chi connectivity index (χ4n) is 2.42. The number of fused-ring (bicyclic) bond motifs is 1. The van der Waals surface area contributed by atoms with Crippen LogP contribution < -0.4 is 0 Å². The molecule has 0 aromatic heterocycles. The minimum atomic E-state index is -0.355. The summed E-state index contributed by atoms with van der Waals surface area (Å²) in [6.07, 6.45) is 3.39. The average molecular weight is 209 g/mol. The third kappa shape index (κ3) is 1.88. The van der Waals surface area contributed by atoms with E-state index in [1.807, 2.05) is 11.9 Å². The maximum atomic E-state index is 12.1. The van der Waals surface area contributed by atoms with Gasteiger partial charge in [-0.2, -0.15) is 0 Å². The predicted molar refractivity (Wildman–Crippen MR) is 55.6 cm³/mol. The van der Waals surface area contributed by atoms with Gasteiger partial charge >= 0.3 is 0 Å². The maximum Gasteiger partial charge on any atom is 0.241 e. The van der Waals surface area contributed by atoms with Gasteiger partial charge in [0.15, 0.2) is 0 Å². The van der Waals surface area contributed by atoms with Crippen LogP contribution in [0.3, 0.4) is 0 Å². The van der Waals surface area contributed by atoms with Gasteiger partial charge in [-0.05, 0) is 25.7 Å². The van der Waals surface area contributed by atoms with Crippen molar-refractivity contribution in [2.24, 2.45) is 11.0 Å². The lowest BCUT2D eigenvalue weighted by Crippen LogP contribution is -2.55. The second kappa shape index (κ2) is 4.26. The quantitative estimate of drug-likeness (QED) is 0.616. The Morgan fingerprint density at radius 1 is 1.33 bits per heavy atom. The average Bonchev–Trinajstić information content (AvgIpc) is 2.40. The van der Waals surface area contributed by atoms with Crippen molar-refractivity contribution in [3.63, 3.8) is 0 Å². The highest BCUT2D eigenvalue weighted by atomic mass is 16.2. The molecule has 2 aliphatic rings. The molecular formula is C10H17N4O-. The summed E-state index contributed by atoms with van der Waals surface area (Å²) >= 11 is 0. The first-order valence-corrected chi connectivity index (χ1v) is 5.66. The summed E-state index contributed by atoms with van der Waals surface area (Å²) in [5.74, 6) is 0.160.